The van der Waals surface area contributed by atoms with Gasteiger partial charge in [0.1, 0.15) is 5.60 Å². The monoisotopic (exact) mass is 263 g/mol. The Labute approximate surface area is 104 Å². The van der Waals surface area contributed by atoms with E-state index in [1.807, 2.05) is 0 Å². The lowest BCUT2D eigenvalue weighted by Gasteiger charge is -2.37. The topological polar surface area (TPSA) is 87.1 Å². The number of aliphatic hydroxyl groups excluding tert-OH is 1. The molecule has 0 spiro atoms. The van der Waals surface area contributed by atoms with E-state index in [2.05, 4.69) is 0 Å². The number of hydrogen-bond acceptors (Lipinski definition) is 4. The molecule has 18 heavy (non-hydrogen) atoms. The second kappa shape index (κ2) is 4.72. The molecule has 1 aliphatic rings. The zero-order chi connectivity index (χ0) is 14.1. The summed E-state index contributed by atoms with van der Waals surface area (Å²) in [6, 6.07) is 0. The number of alkyl halides is 1. The molecule has 7 heteroatoms. The number of aliphatic carboxylic acids is 1. The molecule has 2 unspecified atom stereocenters. The summed E-state index contributed by atoms with van der Waals surface area (Å²) in [6.45, 7) is 4.18. The van der Waals surface area contributed by atoms with E-state index in [-0.39, 0.29) is 6.54 Å². The van der Waals surface area contributed by atoms with Crippen LogP contribution in [0.25, 0.3) is 0 Å². The van der Waals surface area contributed by atoms with Crippen LogP contribution in [0.5, 0.6) is 0 Å². The first-order valence-corrected chi connectivity index (χ1v) is 5.62. The van der Waals surface area contributed by atoms with Crippen LogP contribution < -0.4 is 0 Å². The zero-order valence-corrected chi connectivity index (χ0v) is 10.6. The SMILES string of the molecule is CC(C)(C)OC(=O)N1CC(O)CC(F)(C(=O)O)C1. The highest BCUT2D eigenvalue weighted by Crippen LogP contribution is 2.27. The van der Waals surface area contributed by atoms with Gasteiger partial charge in [0.05, 0.1) is 19.2 Å². The number of carbonyl (C=O) groups excluding carboxylic acids is 1. The highest BCUT2D eigenvalue weighted by molar-refractivity contribution is 5.79. The minimum absolute atomic E-state index is 0.131. The molecule has 0 bridgehead atoms. The number of β-amino-alcohol motifs (C(OH)–C–C–N with tert-alkyl or cyclic N) is 1. The number of carboxylic acid groups (broad SMARTS) is 1. The van der Waals surface area contributed by atoms with Crippen molar-refractivity contribution < 1.29 is 28.9 Å². The van der Waals surface area contributed by atoms with Gasteiger partial charge in [0, 0.05) is 6.42 Å². The van der Waals surface area contributed by atoms with E-state index < -0.39 is 42.4 Å². The lowest BCUT2D eigenvalue weighted by atomic mass is 9.93. The van der Waals surface area contributed by atoms with E-state index in [0.29, 0.717) is 0 Å². The summed E-state index contributed by atoms with van der Waals surface area (Å²) in [5.41, 5.74) is -3.39. The number of aliphatic hydroxyl groups is 1. The van der Waals surface area contributed by atoms with Crippen LogP contribution in [0.4, 0.5) is 9.18 Å². The number of likely N-dealkylation sites (tertiary alicyclic amines) is 1. The van der Waals surface area contributed by atoms with E-state index in [9.17, 15) is 19.1 Å². The molecule has 2 N–H and O–H groups in total. The Morgan fingerprint density at radius 3 is 2.44 bits per heavy atom. The van der Waals surface area contributed by atoms with Crippen molar-refractivity contribution in [3.63, 3.8) is 0 Å². The maximum atomic E-state index is 14.0. The highest BCUT2D eigenvalue weighted by atomic mass is 19.1. The van der Waals surface area contributed by atoms with Gasteiger partial charge in [-0.2, -0.15) is 0 Å². The summed E-state index contributed by atoms with van der Waals surface area (Å²) < 4.78 is 19.0. The van der Waals surface area contributed by atoms with Crippen molar-refractivity contribution in [3.8, 4) is 0 Å². The van der Waals surface area contributed by atoms with Crippen molar-refractivity contribution in [3.05, 3.63) is 0 Å². The Morgan fingerprint density at radius 1 is 1.44 bits per heavy atom. The van der Waals surface area contributed by atoms with Crippen LogP contribution in [0.3, 0.4) is 0 Å². The van der Waals surface area contributed by atoms with Gasteiger partial charge in [0.15, 0.2) is 0 Å². The molecule has 1 rings (SSSR count). The van der Waals surface area contributed by atoms with Crippen molar-refractivity contribution in [2.45, 2.75) is 44.6 Å². The second-order valence-electron chi connectivity index (χ2n) is 5.49. The lowest BCUT2D eigenvalue weighted by Crippen LogP contribution is -2.57. The van der Waals surface area contributed by atoms with Gasteiger partial charge in [-0.05, 0) is 20.8 Å². The van der Waals surface area contributed by atoms with E-state index >= 15 is 0 Å². The van der Waals surface area contributed by atoms with Gasteiger partial charge in [0.25, 0.3) is 0 Å². The number of nitrogens with zero attached hydrogens (tertiary/aromatic N) is 1. The van der Waals surface area contributed by atoms with Crippen LogP contribution in [0, 0.1) is 0 Å². The van der Waals surface area contributed by atoms with Crippen molar-refractivity contribution >= 4 is 12.1 Å². The number of halogens is 1. The molecule has 0 saturated carbocycles. The smallest absolute Gasteiger partial charge is 0.410 e. The molecule has 0 aromatic carbocycles. The molecule has 1 aliphatic heterocycles. The number of rotatable bonds is 1. The van der Waals surface area contributed by atoms with E-state index in [4.69, 9.17) is 9.84 Å². The van der Waals surface area contributed by atoms with Gasteiger partial charge >= 0.3 is 12.1 Å². The van der Waals surface area contributed by atoms with Crippen molar-refractivity contribution in [2.24, 2.45) is 0 Å². The zero-order valence-electron chi connectivity index (χ0n) is 10.6. The van der Waals surface area contributed by atoms with Crippen molar-refractivity contribution in [2.75, 3.05) is 13.1 Å². The molecule has 2 atom stereocenters. The van der Waals surface area contributed by atoms with Crippen LogP contribution in [0.2, 0.25) is 0 Å². The minimum atomic E-state index is -2.63. The number of amides is 1. The fraction of sp³-hybridized carbons (Fsp3) is 0.818. The molecule has 0 radical (unpaired) electrons. The third-order valence-corrected chi connectivity index (χ3v) is 2.47. The summed E-state index contributed by atoms with van der Waals surface area (Å²) in [5.74, 6) is -1.69. The van der Waals surface area contributed by atoms with E-state index in [0.717, 1.165) is 4.90 Å². The molecule has 1 amide bonds. The molecule has 1 fully saturated rings. The second-order valence-corrected chi connectivity index (χ2v) is 5.49. The fourth-order valence-corrected chi connectivity index (χ4v) is 1.74. The van der Waals surface area contributed by atoms with Crippen LogP contribution in [0.1, 0.15) is 27.2 Å². The van der Waals surface area contributed by atoms with Crippen LogP contribution >= 0.6 is 0 Å². The summed E-state index contributed by atoms with van der Waals surface area (Å²) in [4.78, 5) is 23.4. The summed E-state index contributed by atoms with van der Waals surface area (Å²) in [5, 5.41) is 18.2. The normalized spacial score (nSPS) is 28.9. The minimum Gasteiger partial charge on any atom is -0.479 e. The number of carboxylic acids is 1. The highest BCUT2D eigenvalue weighted by Gasteiger charge is 2.48. The lowest BCUT2D eigenvalue weighted by molar-refractivity contribution is -0.158. The Balaban J connectivity index is 2.78. The van der Waals surface area contributed by atoms with Crippen molar-refractivity contribution in [1.29, 1.82) is 0 Å². The molecule has 6 nitrogen and oxygen atoms in total. The molecule has 1 saturated heterocycles. The summed E-state index contributed by atoms with van der Waals surface area (Å²) in [6.07, 6.45) is -2.57. The van der Waals surface area contributed by atoms with E-state index in [1.165, 1.54) is 0 Å². The quantitative estimate of drug-likeness (QED) is 0.730. The predicted octanol–water partition coefficient (Wildman–Crippen LogP) is 0.781. The Kier molecular flexibility index (Phi) is 3.85. The predicted molar refractivity (Wildman–Crippen MR) is 59.9 cm³/mol. The van der Waals surface area contributed by atoms with Gasteiger partial charge in [-0.25, -0.2) is 14.0 Å². The Morgan fingerprint density at radius 2 is 2.00 bits per heavy atom. The molecular weight excluding hydrogens is 245 g/mol. The first kappa shape index (κ1) is 14.7. The number of carbonyl (C=O) groups is 2. The average Bonchev–Trinajstić information content (AvgIpc) is 2.13. The van der Waals surface area contributed by atoms with Crippen LogP contribution in [-0.2, 0) is 9.53 Å². The Hall–Kier alpha value is -1.37. The fourth-order valence-electron chi connectivity index (χ4n) is 1.74. The summed E-state index contributed by atoms with van der Waals surface area (Å²) in [7, 11) is 0. The number of piperidine rings is 1. The van der Waals surface area contributed by atoms with Crippen LogP contribution in [0.15, 0.2) is 0 Å². The van der Waals surface area contributed by atoms with Gasteiger partial charge < -0.3 is 19.8 Å². The van der Waals surface area contributed by atoms with Gasteiger partial charge in [-0.15, -0.1) is 0 Å². The van der Waals surface area contributed by atoms with Crippen LogP contribution in [-0.4, -0.2) is 57.6 Å². The van der Waals surface area contributed by atoms with Gasteiger partial charge in [-0.3, -0.25) is 0 Å². The van der Waals surface area contributed by atoms with E-state index in [1.54, 1.807) is 20.8 Å². The molecule has 0 aromatic rings. The Bertz CT molecular complexity index is 354. The maximum absolute atomic E-state index is 14.0. The number of hydrogen-bond donors (Lipinski definition) is 2. The largest absolute Gasteiger partial charge is 0.479 e. The molecule has 0 aromatic heterocycles. The standard InChI is InChI=1S/C11H18FNO5/c1-10(2,3)18-9(17)13-5-7(14)4-11(12,6-13)8(15)16/h7,14H,4-6H2,1-3H3,(H,15,16). The maximum Gasteiger partial charge on any atom is 0.410 e. The molecule has 0 aliphatic carbocycles. The third kappa shape index (κ3) is 3.56. The first-order chi connectivity index (χ1) is 8.03. The van der Waals surface area contributed by atoms with Gasteiger partial charge in [-0.1, -0.05) is 0 Å². The first-order valence-electron chi connectivity index (χ1n) is 5.62. The summed E-state index contributed by atoms with van der Waals surface area (Å²) >= 11 is 0. The third-order valence-electron chi connectivity index (χ3n) is 2.47. The van der Waals surface area contributed by atoms with Crippen molar-refractivity contribution in [1.82, 2.24) is 4.90 Å². The number of ether oxygens (including phenoxy) is 1. The van der Waals surface area contributed by atoms with Gasteiger partial charge in [0.2, 0.25) is 5.67 Å². The molecular formula is C11H18FNO5. The molecule has 1 heterocycles. The molecule has 104 valence electrons. The average molecular weight is 263 g/mol.